The van der Waals surface area contributed by atoms with E-state index in [-0.39, 0.29) is 47.8 Å². The Morgan fingerprint density at radius 2 is 1.53 bits per heavy atom. The number of fused-ring (bicyclic) bond motifs is 1. The Morgan fingerprint density at radius 1 is 0.867 bits per heavy atom. The molecule has 1 fully saturated rings. The molecular formula is C45H56N8O7. The van der Waals surface area contributed by atoms with Crippen molar-refractivity contribution < 1.29 is 29.0 Å². The van der Waals surface area contributed by atoms with Crippen LogP contribution < -0.4 is 21.5 Å². The van der Waals surface area contributed by atoms with E-state index in [0.29, 0.717) is 95.2 Å². The second-order valence-corrected chi connectivity index (χ2v) is 15.4. The van der Waals surface area contributed by atoms with Gasteiger partial charge in [-0.15, -0.1) is 0 Å². The second-order valence-electron chi connectivity index (χ2n) is 15.4. The van der Waals surface area contributed by atoms with Crippen molar-refractivity contribution in [3.63, 3.8) is 0 Å². The third-order valence-electron chi connectivity index (χ3n) is 10.9. The predicted octanol–water partition coefficient (Wildman–Crippen LogP) is 3.32. The summed E-state index contributed by atoms with van der Waals surface area (Å²) in [5, 5.41) is 24.8. The van der Waals surface area contributed by atoms with Crippen molar-refractivity contribution in [3.05, 3.63) is 118 Å². The van der Waals surface area contributed by atoms with Crippen LogP contribution in [-0.2, 0) is 39.2 Å². The predicted molar refractivity (Wildman–Crippen MR) is 228 cm³/mol. The van der Waals surface area contributed by atoms with Crippen molar-refractivity contribution in [3.8, 4) is 11.3 Å². The van der Waals surface area contributed by atoms with E-state index in [1.165, 1.54) is 10.9 Å². The first-order chi connectivity index (χ1) is 29.0. The number of hydrogen-bond acceptors (Lipinski definition) is 10. The molecule has 3 amide bonds. The van der Waals surface area contributed by atoms with Crippen LogP contribution in [0.25, 0.3) is 22.3 Å². The fraction of sp³-hybridized carbons (Fsp3) is 0.422. The van der Waals surface area contributed by atoms with Gasteiger partial charge in [0, 0.05) is 57.3 Å². The highest BCUT2D eigenvalue weighted by atomic mass is 16.5. The first-order valence-electron chi connectivity index (χ1n) is 20.5. The van der Waals surface area contributed by atoms with E-state index < -0.39 is 5.60 Å². The molecular weight excluding hydrogens is 765 g/mol. The summed E-state index contributed by atoms with van der Waals surface area (Å²) in [5.41, 5.74) is 4.39. The van der Waals surface area contributed by atoms with Crippen molar-refractivity contribution in [1.29, 1.82) is 0 Å². The number of carbonyl (C=O) groups is 3. The van der Waals surface area contributed by atoms with E-state index in [4.69, 9.17) is 9.47 Å². The lowest BCUT2D eigenvalue weighted by molar-refractivity contribution is -0.136. The lowest BCUT2D eigenvalue weighted by Gasteiger charge is -2.38. The number of rotatable bonds is 20. The van der Waals surface area contributed by atoms with Crippen LogP contribution in [0, 0.1) is 6.92 Å². The molecule has 0 bridgehead atoms. The van der Waals surface area contributed by atoms with Crippen LogP contribution in [0.5, 0.6) is 0 Å². The zero-order chi connectivity index (χ0) is 42.5. The van der Waals surface area contributed by atoms with Gasteiger partial charge >= 0.3 is 0 Å². The molecule has 15 nitrogen and oxygen atoms in total. The number of benzene rings is 3. The molecule has 1 atom stereocenters. The number of aliphatic hydroxyl groups is 1. The molecule has 3 aromatic carbocycles. The summed E-state index contributed by atoms with van der Waals surface area (Å²) in [4.78, 5) is 57.6. The Balaban J connectivity index is 0.882. The van der Waals surface area contributed by atoms with Gasteiger partial charge in [0.25, 0.3) is 11.5 Å². The topological polar surface area (TPSA) is 182 Å². The van der Waals surface area contributed by atoms with Crippen LogP contribution in [0.4, 0.5) is 0 Å². The van der Waals surface area contributed by atoms with Crippen LogP contribution in [0.2, 0.25) is 0 Å². The molecule has 5 aromatic rings. The number of piperidine rings is 1. The SMILES string of the molecule is Cc1ccccc1C(=O)NCCOCCOCCNC(=O)CNCc1ccc(-c2c3ncn(CC4(O)CCN(C(=O)CC(C)c5ccccc5)CC4)c(=O)c3nn2C)cc1. The third kappa shape index (κ3) is 11.7. The second kappa shape index (κ2) is 21.0. The van der Waals surface area contributed by atoms with Crippen molar-refractivity contribution in [2.24, 2.45) is 7.05 Å². The lowest BCUT2D eigenvalue weighted by atomic mass is 9.90. The van der Waals surface area contributed by atoms with Crippen LogP contribution in [-0.4, -0.2) is 112 Å². The van der Waals surface area contributed by atoms with E-state index in [0.717, 1.165) is 22.3 Å². The van der Waals surface area contributed by atoms with Gasteiger partial charge in [-0.2, -0.15) is 5.10 Å². The molecule has 4 N–H and O–H groups in total. The van der Waals surface area contributed by atoms with Crippen LogP contribution >= 0.6 is 0 Å². The number of ether oxygens (including phenoxy) is 2. The van der Waals surface area contributed by atoms with Gasteiger partial charge in [-0.1, -0.05) is 79.7 Å². The maximum absolute atomic E-state index is 13.6. The maximum Gasteiger partial charge on any atom is 0.281 e. The zero-order valence-electron chi connectivity index (χ0n) is 34.7. The van der Waals surface area contributed by atoms with Crippen LogP contribution in [0.1, 0.15) is 59.2 Å². The van der Waals surface area contributed by atoms with E-state index >= 15 is 0 Å². The third-order valence-corrected chi connectivity index (χ3v) is 10.9. The van der Waals surface area contributed by atoms with E-state index in [1.807, 2.05) is 86.6 Å². The van der Waals surface area contributed by atoms with Gasteiger partial charge in [0.05, 0.1) is 57.1 Å². The van der Waals surface area contributed by atoms with E-state index in [2.05, 4.69) is 26.0 Å². The number of aromatic nitrogens is 4. The molecule has 0 saturated carbocycles. The molecule has 6 rings (SSSR count). The minimum Gasteiger partial charge on any atom is -0.388 e. The van der Waals surface area contributed by atoms with Gasteiger partial charge in [-0.25, -0.2) is 4.98 Å². The number of likely N-dealkylation sites (tertiary alicyclic amines) is 1. The number of carbonyl (C=O) groups excluding carboxylic acids is 3. The number of hydrogen-bond donors (Lipinski definition) is 4. The fourth-order valence-corrected chi connectivity index (χ4v) is 7.38. The average Bonchev–Trinajstić information content (AvgIpc) is 3.59. The van der Waals surface area contributed by atoms with Crippen molar-refractivity contribution in [2.75, 3.05) is 59.2 Å². The summed E-state index contributed by atoms with van der Waals surface area (Å²) in [6.45, 7) is 7.73. The molecule has 1 saturated heterocycles. The van der Waals surface area contributed by atoms with Crippen molar-refractivity contribution >= 4 is 28.8 Å². The Bertz CT molecular complexity index is 2270. The summed E-state index contributed by atoms with van der Waals surface area (Å²) in [5.74, 6) is -0.107. The van der Waals surface area contributed by atoms with Crippen molar-refractivity contribution in [2.45, 2.75) is 57.7 Å². The highest BCUT2D eigenvalue weighted by Crippen LogP contribution is 2.28. The van der Waals surface area contributed by atoms with E-state index in [9.17, 15) is 24.3 Å². The number of amides is 3. The molecule has 1 unspecified atom stereocenters. The maximum atomic E-state index is 13.6. The molecule has 0 radical (unpaired) electrons. The fourth-order valence-electron chi connectivity index (χ4n) is 7.38. The van der Waals surface area contributed by atoms with Gasteiger partial charge in [-0.3, -0.25) is 28.4 Å². The van der Waals surface area contributed by atoms with Crippen molar-refractivity contribution in [1.82, 2.24) is 40.2 Å². The Morgan fingerprint density at radius 3 is 2.23 bits per heavy atom. The molecule has 0 spiro atoms. The first kappa shape index (κ1) is 43.8. The Hall–Kier alpha value is -5.74. The minimum atomic E-state index is -1.15. The van der Waals surface area contributed by atoms with Gasteiger partial charge < -0.3 is 35.4 Å². The van der Waals surface area contributed by atoms with E-state index in [1.54, 1.807) is 22.7 Å². The summed E-state index contributed by atoms with van der Waals surface area (Å²) < 4.78 is 14.1. The van der Waals surface area contributed by atoms with Crippen LogP contribution in [0.3, 0.4) is 0 Å². The van der Waals surface area contributed by atoms with Gasteiger partial charge in [0.2, 0.25) is 11.8 Å². The van der Waals surface area contributed by atoms with Gasteiger partial charge in [0.1, 0.15) is 5.52 Å². The van der Waals surface area contributed by atoms with Crippen LogP contribution in [0.15, 0.2) is 90.0 Å². The molecule has 15 heteroatoms. The largest absolute Gasteiger partial charge is 0.388 e. The standard InChI is InChI=1S/C45H56N8O7/c1-32-9-7-8-12-37(32)43(56)48-20-24-60-26-25-59-23-19-47-38(54)29-46-28-34-13-15-36(16-14-34)42-40-41(50-51(42)3)44(57)53(31-49-40)30-45(58)17-21-52(22-18-45)39(55)27-33(2)35-10-5-4-6-11-35/h4-16,31,33,46,58H,17-30H2,1-3H3,(H,47,54)(H,48,56). The molecule has 1 aliphatic heterocycles. The summed E-state index contributed by atoms with van der Waals surface area (Å²) in [7, 11) is 1.77. The molecule has 60 heavy (non-hydrogen) atoms. The smallest absolute Gasteiger partial charge is 0.281 e. The highest BCUT2D eigenvalue weighted by molar-refractivity contribution is 5.95. The molecule has 1 aliphatic rings. The summed E-state index contributed by atoms with van der Waals surface area (Å²) in [6, 6.07) is 25.2. The highest BCUT2D eigenvalue weighted by Gasteiger charge is 2.35. The molecule has 0 aliphatic carbocycles. The molecule has 3 heterocycles. The Kier molecular flexibility index (Phi) is 15.3. The Labute approximate surface area is 350 Å². The van der Waals surface area contributed by atoms with Gasteiger partial charge in [0.15, 0.2) is 5.52 Å². The summed E-state index contributed by atoms with van der Waals surface area (Å²) in [6.07, 6.45) is 2.59. The average molecular weight is 821 g/mol. The number of aryl methyl sites for hydroxylation is 2. The number of nitrogens with one attached hydrogen (secondary N) is 3. The molecule has 2 aromatic heterocycles. The summed E-state index contributed by atoms with van der Waals surface area (Å²) >= 11 is 0. The first-order valence-corrected chi connectivity index (χ1v) is 20.5. The quantitative estimate of drug-likeness (QED) is 0.0851. The lowest BCUT2D eigenvalue weighted by Crippen LogP contribution is -2.49. The zero-order valence-corrected chi connectivity index (χ0v) is 34.7. The monoisotopic (exact) mass is 820 g/mol. The normalized spacial score (nSPS) is 14.2. The van der Waals surface area contributed by atoms with Gasteiger partial charge in [-0.05, 0) is 48.4 Å². The minimum absolute atomic E-state index is 0.0616. The number of nitrogens with zero attached hydrogens (tertiary/aromatic N) is 5. The molecule has 318 valence electrons.